The molecule has 1 rings (SSSR count). The van der Waals surface area contributed by atoms with E-state index in [1.807, 2.05) is 35.2 Å². The van der Waals surface area contributed by atoms with Gasteiger partial charge >= 0.3 is 7.80 Å². The first-order valence-electron chi connectivity index (χ1n) is 11.2. The average Bonchev–Trinajstić information content (AvgIpc) is 2.66. The summed E-state index contributed by atoms with van der Waals surface area (Å²) in [6, 6.07) is 9.55. The van der Waals surface area contributed by atoms with Crippen molar-refractivity contribution in [2.45, 2.75) is 85.2 Å². The van der Waals surface area contributed by atoms with Crippen molar-refractivity contribution in [3.05, 3.63) is 30.3 Å². The van der Waals surface area contributed by atoms with E-state index in [-0.39, 0.29) is 5.91 Å². The monoisotopic (exact) mass is 406 g/mol. The van der Waals surface area contributed by atoms with Crippen LogP contribution in [0.1, 0.15) is 79.6 Å². The predicted molar refractivity (Wildman–Crippen MR) is 122 cm³/mol. The maximum Gasteiger partial charge on any atom is 0.389 e. The molecule has 158 valence electrons. The highest BCUT2D eigenvalue weighted by Crippen LogP contribution is 2.33. The van der Waals surface area contributed by atoms with E-state index in [9.17, 15) is 9.36 Å². The number of hydrogen-bond donors (Lipinski definition) is 0. The van der Waals surface area contributed by atoms with Gasteiger partial charge in [-0.25, -0.2) is 0 Å². The van der Waals surface area contributed by atoms with Crippen molar-refractivity contribution in [1.82, 2.24) is 4.90 Å². The van der Waals surface area contributed by atoms with Crippen LogP contribution in [0.15, 0.2) is 30.3 Å². The van der Waals surface area contributed by atoms with Gasteiger partial charge in [0.1, 0.15) is 0 Å². The molecule has 0 aromatic heterocycles. The number of carbonyl (C=O) groups is 1. The molecule has 28 heavy (non-hydrogen) atoms. The average molecular weight is 407 g/mol. The van der Waals surface area contributed by atoms with Gasteiger partial charge in [0.15, 0.2) is 5.30 Å². The first-order chi connectivity index (χ1) is 13.4. The largest absolute Gasteiger partial charge is 0.389 e. The van der Waals surface area contributed by atoms with E-state index < -0.39 is 13.5 Å². The molecule has 0 spiro atoms. The van der Waals surface area contributed by atoms with Gasteiger partial charge in [-0.1, -0.05) is 89.5 Å². The molecule has 0 saturated heterocycles. The molecule has 1 aromatic rings. The van der Waals surface area contributed by atoms with Gasteiger partial charge in [0.05, 0.1) is 0 Å². The Labute approximate surface area is 174 Å². The second kappa shape index (κ2) is 13.9. The van der Waals surface area contributed by atoms with E-state index >= 15 is 0 Å². The summed E-state index contributed by atoms with van der Waals surface area (Å²) in [6.45, 7) is 12.3. The van der Waals surface area contributed by atoms with Gasteiger partial charge in [-0.05, 0) is 30.4 Å². The summed E-state index contributed by atoms with van der Waals surface area (Å²) in [6.07, 6.45) is 7.80. The molecule has 0 aliphatic carbocycles. The molecule has 2 atom stereocenters. The van der Waals surface area contributed by atoms with Crippen LogP contribution in [0, 0.1) is 11.8 Å². The maximum absolute atomic E-state index is 13.4. The van der Waals surface area contributed by atoms with Gasteiger partial charge in [-0.3, -0.25) is 4.79 Å². The molecule has 4 heteroatoms. The van der Waals surface area contributed by atoms with E-state index in [1.54, 1.807) is 0 Å². The predicted octanol–water partition coefficient (Wildman–Crippen LogP) is 6.40. The summed E-state index contributed by atoms with van der Waals surface area (Å²) < 4.78 is 13.3. The number of unbranched alkanes of at least 4 members (excludes halogenated alkanes) is 5. The van der Waals surface area contributed by atoms with Crippen molar-refractivity contribution in [1.29, 1.82) is 0 Å². The molecule has 0 aliphatic rings. The van der Waals surface area contributed by atoms with Crippen molar-refractivity contribution in [3.8, 4) is 0 Å². The Bertz CT molecular complexity index is 561. The first-order valence-corrected chi connectivity index (χ1v) is 12.5. The Morgan fingerprint density at radius 2 is 1.43 bits per heavy atom. The van der Waals surface area contributed by atoms with Crippen LogP contribution in [0.2, 0.25) is 0 Å². The minimum atomic E-state index is -1.73. The van der Waals surface area contributed by atoms with Crippen LogP contribution in [-0.2, 0) is 9.36 Å². The van der Waals surface area contributed by atoms with Gasteiger partial charge in [0.2, 0.25) is 5.66 Å². The zero-order valence-corrected chi connectivity index (χ0v) is 19.6. The zero-order chi connectivity index (χ0) is 20.9. The summed E-state index contributed by atoms with van der Waals surface area (Å²) in [5.41, 5.74) is -0.402. The van der Waals surface area contributed by atoms with Crippen LogP contribution in [0.3, 0.4) is 0 Å². The van der Waals surface area contributed by atoms with Gasteiger partial charge in [-0.15, -0.1) is 0 Å². The number of nitrogens with zero attached hydrogens (tertiary/aromatic N) is 1. The maximum atomic E-state index is 13.4. The minimum absolute atomic E-state index is 0.0842. The molecule has 0 heterocycles. The van der Waals surface area contributed by atoms with Gasteiger partial charge in [0, 0.05) is 19.5 Å². The third-order valence-corrected chi connectivity index (χ3v) is 6.75. The molecular weight excluding hydrogens is 365 g/mol. The van der Waals surface area contributed by atoms with Gasteiger partial charge in [-0.2, -0.15) is 0 Å². The van der Waals surface area contributed by atoms with Crippen LogP contribution in [-0.4, -0.2) is 29.6 Å². The molecule has 0 aliphatic heterocycles. The fraction of sp³-hybridized carbons (Fsp3) is 0.708. The van der Waals surface area contributed by atoms with E-state index in [0.717, 1.165) is 37.7 Å². The third-order valence-electron chi connectivity index (χ3n) is 4.89. The highest BCUT2D eigenvalue weighted by molar-refractivity contribution is 7.55. The lowest BCUT2D eigenvalue weighted by atomic mass is 10.1. The number of amides is 1. The topological polar surface area (TPSA) is 37.4 Å². The van der Waals surface area contributed by atoms with Crippen LogP contribution < -0.4 is 5.30 Å². The quantitative estimate of drug-likeness (QED) is 0.265. The summed E-state index contributed by atoms with van der Waals surface area (Å²) in [5.74, 6) is 0.903. The van der Waals surface area contributed by atoms with Gasteiger partial charge in [0.25, 0.3) is 5.91 Å². The van der Waals surface area contributed by atoms with E-state index in [4.69, 9.17) is 0 Å². The molecule has 0 radical (unpaired) electrons. The zero-order valence-electron chi connectivity index (χ0n) is 18.7. The Morgan fingerprint density at radius 1 is 0.893 bits per heavy atom. The van der Waals surface area contributed by atoms with Crippen LogP contribution >= 0.6 is 7.80 Å². The lowest BCUT2D eigenvalue weighted by molar-refractivity contribution is -0.132. The van der Waals surface area contributed by atoms with Crippen LogP contribution in [0.5, 0.6) is 0 Å². The molecule has 1 amide bonds. The van der Waals surface area contributed by atoms with Crippen LogP contribution in [0.25, 0.3) is 0 Å². The number of hydrogen-bond acceptors (Lipinski definition) is 2. The molecule has 2 unspecified atom stereocenters. The lowest BCUT2D eigenvalue weighted by Crippen LogP contribution is -2.42. The molecule has 0 bridgehead atoms. The Kier molecular flexibility index (Phi) is 12.3. The molecule has 0 N–H and O–H groups in total. The fourth-order valence-electron chi connectivity index (χ4n) is 3.56. The summed E-state index contributed by atoms with van der Waals surface area (Å²) in [7, 11) is -1.73. The molecule has 3 nitrogen and oxygen atoms in total. The summed E-state index contributed by atoms with van der Waals surface area (Å²) in [4.78, 5) is 15.4. The van der Waals surface area contributed by atoms with Crippen molar-refractivity contribution in [2.24, 2.45) is 11.8 Å². The van der Waals surface area contributed by atoms with Gasteiger partial charge < -0.3 is 4.90 Å². The fourth-order valence-corrected chi connectivity index (χ4v) is 5.17. The summed E-state index contributed by atoms with van der Waals surface area (Å²) >= 11 is 0. The smallest absolute Gasteiger partial charge is 0.338 e. The SMILES string of the molecule is CCCCCCCCC(C(=O)N(CC(C)C)CC(C)C)[P+](=O)c1ccccc1. The van der Waals surface area contributed by atoms with Crippen molar-refractivity contribution >= 4 is 19.0 Å². The molecule has 0 saturated carbocycles. The molecular formula is C24H41NO2P+. The highest BCUT2D eigenvalue weighted by atomic mass is 31.1. The Balaban J connectivity index is 2.90. The Morgan fingerprint density at radius 3 is 1.96 bits per heavy atom. The van der Waals surface area contributed by atoms with E-state index in [1.165, 1.54) is 25.7 Å². The van der Waals surface area contributed by atoms with Crippen molar-refractivity contribution in [3.63, 3.8) is 0 Å². The van der Waals surface area contributed by atoms with E-state index in [0.29, 0.717) is 11.8 Å². The second-order valence-electron chi connectivity index (χ2n) is 8.76. The number of benzene rings is 1. The highest BCUT2D eigenvalue weighted by Gasteiger charge is 2.41. The summed E-state index contributed by atoms with van der Waals surface area (Å²) in [5, 5.41) is 0.802. The second-order valence-corrected chi connectivity index (χ2v) is 10.6. The molecule has 1 aromatic carbocycles. The third kappa shape index (κ3) is 9.32. The first kappa shape index (κ1) is 24.8. The standard InChI is InChI=1S/C24H41NO2P/c1-6-7-8-9-10-14-17-23(28(27)22-15-12-11-13-16-22)24(26)25(18-20(2)3)19-21(4)5/h11-13,15-16,20-21,23H,6-10,14,17-19H2,1-5H3/q+1. The number of rotatable bonds is 14. The van der Waals surface area contributed by atoms with Crippen LogP contribution in [0.4, 0.5) is 0 Å². The van der Waals surface area contributed by atoms with Crippen molar-refractivity contribution < 1.29 is 9.36 Å². The minimum Gasteiger partial charge on any atom is -0.338 e. The Hall–Kier alpha value is -1.21. The van der Waals surface area contributed by atoms with Crippen molar-refractivity contribution in [2.75, 3.05) is 13.1 Å². The van der Waals surface area contributed by atoms with E-state index in [2.05, 4.69) is 34.6 Å². The lowest BCUT2D eigenvalue weighted by Gasteiger charge is -2.27. The molecule has 0 fully saturated rings. The number of carbonyl (C=O) groups excluding carboxylic acids is 1. The normalized spacial score (nSPS) is 13.0.